The average Bonchev–Trinajstić information content (AvgIpc) is 3.31. The van der Waals surface area contributed by atoms with Gasteiger partial charge in [0.1, 0.15) is 48.8 Å². The summed E-state index contributed by atoms with van der Waals surface area (Å²) in [5.41, 5.74) is 0. The fraction of sp³-hybridized carbons (Fsp3) is 0.788. The van der Waals surface area contributed by atoms with Crippen LogP contribution < -0.4 is 5.32 Å². The molecule has 66 heavy (non-hydrogen) atoms. The molecule has 14 nitrogen and oxygen atoms in total. The van der Waals surface area contributed by atoms with E-state index in [9.17, 15) is 45.6 Å². The Balaban J connectivity index is 1.88. The molecule has 0 saturated carbocycles. The molecule has 2 aliphatic rings. The first-order valence-corrected chi connectivity index (χ1v) is 25.5. The Morgan fingerprint density at radius 3 is 1.67 bits per heavy atom. The van der Waals surface area contributed by atoms with Gasteiger partial charge in [0.25, 0.3) is 0 Å². The van der Waals surface area contributed by atoms with Gasteiger partial charge in [-0.1, -0.05) is 158 Å². The number of hydrogen-bond donors (Lipinski definition) is 9. The number of carbonyl (C=O) groups excluding carboxylic acids is 1. The minimum Gasteiger partial charge on any atom is -0.394 e. The van der Waals surface area contributed by atoms with Crippen molar-refractivity contribution >= 4 is 5.91 Å². The van der Waals surface area contributed by atoms with Crippen molar-refractivity contribution in [3.05, 3.63) is 60.8 Å². The highest BCUT2D eigenvalue weighted by Gasteiger charge is 2.51. The summed E-state index contributed by atoms with van der Waals surface area (Å²) < 4.78 is 22.7. The monoisotopic (exact) mass is 938 g/mol. The Morgan fingerprint density at radius 1 is 0.561 bits per heavy atom. The van der Waals surface area contributed by atoms with Gasteiger partial charge in [-0.25, -0.2) is 0 Å². The molecule has 12 unspecified atom stereocenters. The minimum atomic E-state index is -1.79. The van der Waals surface area contributed by atoms with Crippen LogP contribution >= 0.6 is 0 Å². The van der Waals surface area contributed by atoms with Gasteiger partial charge in [-0.2, -0.15) is 0 Å². The molecular weight excluding hydrogens is 847 g/mol. The molecule has 0 aromatic rings. The van der Waals surface area contributed by atoms with Gasteiger partial charge >= 0.3 is 0 Å². The lowest BCUT2D eigenvalue weighted by molar-refractivity contribution is -0.359. The van der Waals surface area contributed by atoms with Crippen LogP contribution in [0.15, 0.2) is 60.8 Å². The predicted molar refractivity (Wildman–Crippen MR) is 258 cm³/mol. The molecule has 382 valence electrons. The zero-order chi connectivity index (χ0) is 48.2. The van der Waals surface area contributed by atoms with Crippen molar-refractivity contribution in [3.63, 3.8) is 0 Å². The zero-order valence-electron chi connectivity index (χ0n) is 40.4. The number of allylic oxidation sites excluding steroid dienone is 9. The van der Waals surface area contributed by atoms with E-state index in [4.69, 9.17) is 18.9 Å². The van der Waals surface area contributed by atoms with E-state index in [0.29, 0.717) is 12.8 Å². The van der Waals surface area contributed by atoms with Crippen LogP contribution in [-0.4, -0.2) is 140 Å². The van der Waals surface area contributed by atoms with Crippen LogP contribution in [0.4, 0.5) is 0 Å². The summed E-state index contributed by atoms with van der Waals surface area (Å²) in [5, 5.41) is 86.7. The van der Waals surface area contributed by atoms with Crippen molar-refractivity contribution < 1.29 is 64.6 Å². The number of ether oxygens (including phenoxy) is 4. The number of hydrogen-bond acceptors (Lipinski definition) is 13. The number of aliphatic hydroxyl groups excluding tert-OH is 8. The first-order valence-electron chi connectivity index (χ1n) is 25.5. The van der Waals surface area contributed by atoms with Crippen molar-refractivity contribution in [1.82, 2.24) is 5.32 Å². The Morgan fingerprint density at radius 2 is 1.06 bits per heavy atom. The van der Waals surface area contributed by atoms with E-state index < -0.39 is 86.8 Å². The largest absolute Gasteiger partial charge is 0.394 e. The van der Waals surface area contributed by atoms with Crippen LogP contribution in [0.2, 0.25) is 0 Å². The molecule has 1 amide bonds. The molecule has 2 saturated heterocycles. The Kier molecular flexibility index (Phi) is 34.9. The second-order valence-corrected chi connectivity index (χ2v) is 17.9. The average molecular weight is 938 g/mol. The molecule has 12 atom stereocenters. The van der Waals surface area contributed by atoms with Crippen LogP contribution in [0.5, 0.6) is 0 Å². The summed E-state index contributed by atoms with van der Waals surface area (Å²) in [4.78, 5) is 13.2. The van der Waals surface area contributed by atoms with Crippen LogP contribution in [0.1, 0.15) is 168 Å². The highest BCUT2D eigenvalue weighted by atomic mass is 16.7. The molecular formula is C52H91NO13. The third-order valence-electron chi connectivity index (χ3n) is 12.2. The Hall–Kier alpha value is -2.31. The Labute approximate surface area is 396 Å². The molecule has 0 aliphatic carbocycles. The molecule has 0 aromatic heterocycles. The van der Waals surface area contributed by atoms with E-state index >= 15 is 0 Å². The lowest BCUT2D eigenvalue weighted by atomic mass is 9.97. The fourth-order valence-electron chi connectivity index (χ4n) is 8.03. The van der Waals surface area contributed by atoms with Gasteiger partial charge < -0.3 is 65.1 Å². The summed E-state index contributed by atoms with van der Waals surface area (Å²) in [6.45, 7) is 2.63. The van der Waals surface area contributed by atoms with Gasteiger partial charge in [0.2, 0.25) is 5.91 Å². The maximum absolute atomic E-state index is 13.2. The molecule has 2 aliphatic heterocycles. The second kappa shape index (κ2) is 38.5. The van der Waals surface area contributed by atoms with Gasteiger partial charge in [0.05, 0.1) is 32.0 Å². The van der Waals surface area contributed by atoms with Crippen LogP contribution in [0.25, 0.3) is 0 Å². The summed E-state index contributed by atoms with van der Waals surface area (Å²) in [7, 11) is 0. The van der Waals surface area contributed by atoms with E-state index in [1.165, 1.54) is 70.6 Å². The third-order valence-corrected chi connectivity index (χ3v) is 12.2. The lowest BCUT2D eigenvalue weighted by Gasteiger charge is -2.46. The summed E-state index contributed by atoms with van der Waals surface area (Å²) in [5.74, 6) is -0.270. The van der Waals surface area contributed by atoms with Crippen LogP contribution in [0, 0.1) is 0 Å². The standard InChI is InChI=1S/C52H91NO13/c1-3-5-7-9-11-13-15-17-19-20-22-23-25-27-29-31-33-35-41(56)40(53-44(57)36-34-32-30-28-26-24-21-18-16-14-12-10-8-6-4-2)39-63-51-49(62)47(60)50(43(38-55)65-51)66-52-48(61)46(59)45(58)42(37-54)64-52/h6,8,12,14,18,21,25,27,33,35,40-43,45-52,54-56,58-62H,3-5,7,9-11,13,15-17,19-20,22-24,26,28-32,34,36-39H2,1-2H3,(H,53,57)/b8-6-,14-12-,21-18-,27-25+,35-33+. The van der Waals surface area contributed by atoms with Crippen molar-refractivity contribution in [2.75, 3.05) is 19.8 Å². The van der Waals surface area contributed by atoms with E-state index in [1.807, 2.05) is 6.08 Å². The topological polar surface area (TPSA) is 228 Å². The van der Waals surface area contributed by atoms with E-state index in [2.05, 4.69) is 67.8 Å². The van der Waals surface area contributed by atoms with Gasteiger partial charge in [-0.05, 0) is 64.2 Å². The first kappa shape index (κ1) is 59.8. The maximum Gasteiger partial charge on any atom is 0.220 e. The number of nitrogens with one attached hydrogen (secondary N) is 1. The summed E-state index contributed by atoms with van der Waals surface area (Å²) in [6.07, 6.45) is 29.7. The van der Waals surface area contributed by atoms with Gasteiger partial charge in [-0.3, -0.25) is 4.79 Å². The van der Waals surface area contributed by atoms with Gasteiger partial charge in [0.15, 0.2) is 12.6 Å². The van der Waals surface area contributed by atoms with Crippen LogP contribution in [-0.2, 0) is 23.7 Å². The number of aliphatic hydroxyl groups is 8. The second-order valence-electron chi connectivity index (χ2n) is 17.9. The van der Waals surface area contributed by atoms with Gasteiger partial charge in [0, 0.05) is 6.42 Å². The van der Waals surface area contributed by atoms with Crippen molar-refractivity contribution in [2.24, 2.45) is 0 Å². The van der Waals surface area contributed by atoms with Gasteiger partial charge in [-0.15, -0.1) is 0 Å². The lowest BCUT2D eigenvalue weighted by Crippen LogP contribution is -2.65. The highest BCUT2D eigenvalue weighted by Crippen LogP contribution is 2.30. The highest BCUT2D eigenvalue weighted by molar-refractivity contribution is 5.76. The first-order chi connectivity index (χ1) is 32.1. The molecule has 2 rings (SSSR count). The van der Waals surface area contributed by atoms with Crippen molar-refractivity contribution in [1.29, 1.82) is 0 Å². The number of carbonyl (C=O) groups is 1. The molecule has 0 bridgehead atoms. The van der Waals surface area contributed by atoms with Crippen molar-refractivity contribution in [2.45, 2.75) is 242 Å². The molecule has 9 N–H and O–H groups in total. The van der Waals surface area contributed by atoms with E-state index in [-0.39, 0.29) is 18.9 Å². The normalized spacial score (nSPS) is 27.3. The predicted octanol–water partition coefficient (Wildman–Crippen LogP) is 6.66. The molecule has 0 radical (unpaired) electrons. The quantitative estimate of drug-likeness (QED) is 0.0234. The number of rotatable bonds is 38. The molecule has 2 fully saturated rings. The van der Waals surface area contributed by atoms with E-state index in [1.54, 1.807) is 6.08 Å². The van der Waals surface area contributed by atoms with Crippen molar-refractivity contribution in [3.8, 4) is 0 Å². The fourth-order valence-corrected chi connectivity index (χ4v) is 8.03. The third kappa shape index (κ3) is 25.3. The summed E-state index contributed by atoms with van der Waals surface area (Å²) >= 11 is 0. The zero-order valence-corrected chi connectivity index (χ0v) is 40.4. The van der Waals surface area contributed by atoms with Crippen LogP contribution in [0.3, 0.4) is 0 Å². The number of amides is 1. The SMILES string of the molecule is CC/C=C\C/C=C\C/C=C\CCCCCCCC(=O)NC(COC1OC(CO)C(OC2OC(CO)C(O)C(O)C2O)C(O)C1O)C(O)/C=C/CC/C=C/CCCCCCCCCCCCC. The molecule has 0 spiro atoms. The summed E-state index contributed by atoms with van der Waals surface area (Å²) in [6, 6.07) is -0.941. The van der Waals surface area contributed by atoms with E-state index in [0.717, 1.165) is 64.2 Å². The number of unbranched alkanes of at least 4 members (excludes halogenated alkanes) is 17. The smallest absolute Gasteiger partial charge is 0.220 e. The molecule has 14 heteroatoms. The Bertz CT molecular complexity index is 1340. The molecule has 2 heterocycles. The molecule has 0 aromatic carbocycles. The maximum atomic E-state index is 13.2. The minimum absolute atomic E-state index is 0.251.